The van der Waals surface area contributed by atoms with Crippen molar-refractivity contribution in [1.29, 1.82) is 0 Å². The summed E-state index contributed by atoms with van der Waals surface area (Å²) >= 11 is 0. The summed E-state index contributed by atoms with van der Waals surface area (Å²) in [6.07, 6.45) is 1.24. The lowest BCUT2D eigenvalue weighted by Gasteiger charge is -2.27. The van der Waals surface area contributed by atoms with Crippen LogP contribution in [0.4, 0.5) is 0 Å². The average Bonchev–Trinajstić information content (AvgIpc) is 2.44. The number of ether oxygens (including phenoxy) is 1. The van der Waals surface area contributed by atoms with Crippen molar-refractivity contribution in [2.24, 2.45) is 5.41 Å². The topological polar surface area (TPSA) is 58.6 Å². The quantitative estimate of drug-likeness (QED) is 0.768. The largest absolute Gasteiger partial charge is 0.496 e. The third-order valence-corrected chi connectivity index (χ3v) is 4.02. The SMILES string of the molecule is CCC(CC)(CNCc1cc(C)ccc1OC)C(=O)O. The molecule has 0 aliphatic heterocycles. The van der Waals surface area contributed by atoms with E-state index in [4.69, 9.17) is 4.74 Å². The number of rotatable bonds is 8. The molecule has 0 aliphatic carbocycles. The summed E-state index contributed by atoms with van der Waals surface area (Å²) in [5.74, 6) is 0.100. The molecule has 1 aromatic carbocycles. The number of aryl methyl sites for hydroxylation is 1. The van der Waals surface area contributed by atoms with E-state index in [2.05, 4.69) is 11.4 Å². The monoisotopic (exact) mass is 279 g/mol. The number of carbonyl (C=O) groups is 1. The number of carboxylic acids is 1. The van der Waals surface area contributed by atoms with Crippen molar-refractivity contribution in [2.75, 3.05) is 13.7 Å². The summed E-state index contributed by atoms with van der Waals surface area (Å²) in [6, 6.07) is 6.00. The fourth-order valence-corrected chi connectivity index (χ4v) is 2.36. The van der Waals surface area contributed by atoms with E-state index >= 15 is 0 Å². The predicted molar refractivity (Wildman–Crippen MR) is 80.1 cm³/mol. The van der Waals surface area contributed by atoms with Crippen LogP contribution >= 0.6 is 0 Å². The molecule has 0 saturated heterocycles. The van der Waals surface area contributed by atoms with Crippen LogP contribution in [0.15, 0.2) is 18.2 Å². The van der Waals surface area contributed by atoms with Gasteiger partial charge in [-0.05, 0) is 25.8 Å². The van der Waals surface area contributed by atoms with Gasteiger partial charge in [0.05, 0.1) is 12.5 Å². The molecule has 0 atom stereocenters. The molecule has 0 bridgehead atoms. The minimum absolute atomic E-state index is 0.465. The smallest absolute Gasteiger partial charge is 0.310 e. The van der Waals surface area contributed by atoms with Gasteiger partial charge in [0.1, 0.15) is 5.75 Å². The average molecular weight is 279 g/mol. The number of nitrogens with one attached hydrogen (secondary N) is 1. The van der Waals surface area contributed by atoms with E-state index in [9.17, 15) is 9.90 Å². The van der Waals surface area contributed by atoms with Crippen LogP contribution in [0.25, 0.3) is 0 Å². The Labute approximate surface area is 121 Å². The second-order valence-electron chi connectivity index (χ2n) is 5.21. The molecule has 0 aromatic heterocycles. The Morgan fingerprint density at radius 1 is 1.35 bits per heavy atom. The zero-order chi connectivity index (χ0) is 15.2. The molecule has 1 aromatic rings. The van der Waals surface area contributed by atoms with Crippen molar-refractivity contribution in [1.82, 2.24) is 5.32 Å². The summed E-state index contributed by atoms with van der Waals surface area (Å²) in [6.45, 7) is 6.95. The standard InChI is InChI=1S/C16H25NO3/c1-5-16(6-2,15(18)19)11-17-10-13-9-12(3)7-8-14(13)20-4/h7-9,17H,5-6,10-11H2,1-4H3,(H,18,19). The number of hydrogen-bond acceptors (Lipinski definition) is 3. The summed E-state index contributed by atoms with van der Waals surface area (Å²) < 4.78 is 5.33. The first-order valence-electron chi connectivity index (χ1n) is 7.06. The van der Waals surface area contributed by atoms with Gasteiger partial charge in [0.25, 0.3) is 0 Å². The van der Waals surface area contributed by atoms with E-state index in [0.717, 1.165) is 16.9 Å². The zero-order valence-corrected chi connectivity index (χ0v) is 12.8. The van der Waals surface area contributed by atoms with Crippen LogP contribution in [0.3, 0.4) is 0 Å². The van der Waals surface area contributed by atoms with Gasteiger partial charge in [-0.25, -0.2) is 0 Å². The maximum absolute atomic E-state index is 11.4. The third-order valence-electron chi connectivity index (χ3n) is 4.02. The van der Waals surface area contributed by atoms with Crippen LogP contribution in [0.5, 0.6) is 5.75 Å². The molecule has 0 amide bonds. The second kappa shape index (κ2) is 7.29. The molecule has 2 N–H and O–H groups in total. The molecule has 4 heteroatoms. The highest BCUT2D eigenvalue weighted by molar-refractivity contribution is 5.74. The lowest BCUT2D eigenvalue weighted by atomic mass is 9.82. The number of hydrogen-bond donors (Lipinski definition) is 2. The molecule has 1 rings (SSSR count). The Morgan fingerprint density at radius 3 is 2.50 bits per heavy atom. The minimum atomic E-state index is -0.730. The molecule has 0 radical (unpaired) electrons. The molecule has 0 heterocycles. The van der Waals surface area contributed by atoms with Crippen LogP contribution in [-0.4, -0.2) is 24.7 Å². The molecule has 4 nitrogen and oxygen atoms in total. The van der Waals surface area contributed by atoms with Gasteiger partial charge in [0.2, 0.25) is 0 Å². The van der Waals surface area contributed by atoms with Gasteiger partial charge in [-0.2, -0.15) is 0 Å². The lowest BCUT2D eigenvalue weighted by molar-refractivity contribution is -0.149. The van der Waals surface area contributed by atoms with Gasteiger partial charge < -0.3 is 15.2 Å². The molecular formula is C16H25NO3. The van der Waals surface area contributed by atoms with Crippen LogP contribution in [0.2, 0.25) is 0 Å². The fourth-order valence-electron chi connectivity index (χ4n) is 2.36. The molecule has 0 unspecified atom stereocenters. The van der Waals surface area contributed by atoms with E-state index in [1.165, 1.54) is 0 Å². The third kappa shape index (κ3) is 3.73. The van der Waals surface area contributed by atoms with Crippen LogP contribution in [0.1, 0.15) is 37.8 Å². The second-order valence-corrected chi connectivity index (χ2v) is 5.21. The Balaban J connectivity index is 2.72. The van der Waals surface area contributed by atoms with Gasteiger partial charge in [0, 0.05) is 18.7 Å². The highest BCUT2D eigenvalue weighted by atomic mass is 16.5. The van der Waals surface area contributed by atoms with Gasteiger partial charge in [0.15, 0.2) is 0 Å². The van der Waals surface area contributed by atoms with Crippen molar-refractivity contribution < 1.29 is 14.6 Å². The van der Waals surface area contributed by atoms with Gasteiger partial charge in [-0.1, -0.05) is 31.5 Å². The molecule has 0 spiro atoms. The molecule has 112 valence electrons. The fraction of sp³-hybridized carbons (Fsp3) is 0.562. The summed E-state index contributed by atoms with van der Waals surface area (Å²) in [4.78, 5) is 11.4. The van der Waals surface area contributed by atoms with E-state index in [-0.39, 0.29) is 0 Å². The van der Waals surface area contributed by atoms with Crippen molar-refractivity contribution in [3.05, 3.63) is 29.3 Å². The molecule has 0 fully saturated rings. The summed E-state index contributed by atoms with van der Waals surface area (Å²) in [7, 11) is 1.65. The highest BCUT2D eigenvalue weighted by Gasteiger charge is 2.34. The molecular weight excluding hydrogens is 254 g/mol. The Kier molecular flexibility index (Phi) is 6.02. The van der Waals surface area contributed by atoms with Crippen molar-refractivity contribution in [3.8, 4) is 5.75 Å². The van der Waals surface area contributed by atoms with E-state index in [1.54, 1.807) is 7.11 Å². The van der Waals surface area contributed by atoms with E-state index in [1.807, 2.05) is 32.9 Å². The van der Waals surface area contributed by atoms with Crippen LogP contribution in [-0.2, 0) is 11.3 Å². The van der Waals surface area contributed by atoms with Crippen molar-refractivity contribution in [2.45, 2.75) is 40.2 Å². The van der Waals surface area contributed by atoms with Gasteiger partial charge >= 0.3 is 5.97 Å². The minimum Gasteiger partial charge on any atom is -0.496 e. The van der Waals surface area contributed by atoms with Gasteiger partial charge in [-0.3, -0.25) is 4.79 Å². The van der Waals surface area contributed by atoms with E-state index < -0.39 is 11.4 Å². The number of carboxylic acid groups (broad SMARTS) is 1. The normalized spacial score (nSPS) is 11.4. The maximum Gasteiger partial charge on any atom is 0.310 e. The molecule has 0 saturated carbocycles. The Hall–Kier alpha value is -1.55. The van der Waals surface area contributed by atoms with Gasteiger partial charge in [-0.15, -0.1) is 0 Å². The number of methoxy groups -OCH3 is 1. The first kappa shape index (κ1) is 16.5. The first-order chi connectivity index (χ1) is 9.49. The maximum atomic E-state index is 11.4. The zero-order valence-electron chi connectivity index (χ0n) is 12.8. The molecule has 20 heavy (non-hydrogen) atoms. The first-order valence-corrected chi connectivity index (χ1v) is 7.06. The van der Waals surface area contributed by atoms with Crippen LogP contribution < -0.4 is 10.1 Å². The summed E-state index contributed by atoms with van der Waals surface area (Å²) in [5.41, 5.74) is 1.54. The molecule has 0 aliphatic rings. The number of benzene rings is 1. The predicted octanol–water partition coefficient (Wildman–Crippen LogP) is 2.98. The lowest BCUT2D eigenvalue weighted by Crippen LogP contribution is -2.40. The van der Waals surface area contributed by atoms with Crippen molar-refractivity contribution in [3.63, 3.8) is 0 Å². The Morgan fingerprint density at radius 2 is 2.00 bits per heavy atom. The van der Waals surface area contributed by atoms with E-state index in [0.29, 0.717) is 25.9 Å². The Bertz CT molecular complexity index is 453. The number of aliphatic carboxylic acids is 1. The summed E-state index contributed by atoms with van der Waals surface area (Å²) in [5, 5.41) is 12.7. The highest BCUT2D eigenvalue weighted by Crippen LogP contribution is 2.26. The van der Waals surface area contributed by atoms with Crippen molar-refractivity contribution >= 4 is 5.97 Å². The van der Waals surface area contributed by atoms with Crippen LogP contribution in [0, 0.1) is 12.3 Å².